The first-order chi connectivity index (χ1) is 16.8. The fourth-order valence-corrected chi connectivity index (χ4v) is 5.72. The van der Waals surface area contributed by atoms with E-state index in [0.29, 0.717) is 41.6 Å². The van der Waals surface area contributed by atoms with Gasteiger partial charge in [-0.25, -0.2) is 9.79 Å². The number of nitrogens with zero attached hydrogens (tertiary/aromatic N) is 2. The van der Waals surface area contributed by atoms with Gasteiger partial charge < -0.3 is 14.2 Å². The molecule has 0 saturated carbocycles. The molecule has 35 heavy (non-hydrogen) atoms. The number of esters is 1. The summed E-state index contributed by atoms with van der Waals surface area (Å²) in [6.07, 6.45) is 1.76. The smallest absolute Gasteiger partial charge is 0.338 e. The lowest BCUT2D eigenvalue weighted by Crippen LogP contribution is -2.39. The third-order valence-corrected chi connectivity index (χ3v) is 7.28. The van der Waals surface area contributed by atoms with Crippen LogP contribution in [0.2, 0.25) is 5.02 Å². The molecule has 0 spiro atoms. The highest BCUT2D eigenvalue weighted by Crippen LogP contribution is 2.36. The molecule has 0 aliphatic carbocycles. The van der Waals surface area contributed by atoms with Crippen LogP contribution in [0, 0.1) is 0 Å². The maximum atomic E-state index is 13.7. The predicted octanol–water partition coefficient (Wildman–Crippen LogP) is 4.23. The first-order valence-electron chi connectivity index (χ1n) is 10.7. The van der Waals surface area contributed by atoms with Gasteiger partial charge in [-0.3, -0.25) is 9.36 Å². The lowest BCUT2D eigenvalue weighted by Gasteiger charge is -2.24. The number of ether oxygens (including phenoxy) is 3. The largest absolute Gasteiger partial charge is 0.493 e. The number of hydrogen-bond donors (Lipinski definition) is 0. The number of carbonyl (C=O) groups excluding carboxylic acids is 1. The summed E-state index contributed by atoms with van der Waals surface area (Å²) >= 11 is 10.8. The lowest BCUT2D eigenvalue weighted by molar-refractivity contribution is -0.139. The molecule has 10 heteroatoms. The number of methoxy groups -OCH3 is 2. The van der Waals surface area contributed by atoms with Gasteiger partial charge in [0.2, 0.25) is 0 Å². The van der Waals surface area contributed by atoms with E-state index in [1.54, 1.807) is 64.5 Å². The zero-order valence-corrected chi connectivity index (χ0v) is 22.6. The summed E-state index contributed by atoms with van der Waals surface area (Å²) < 4.78 is 18.8. The van der Waals surface area contributed by atoms with Crippen molar-refractivity contribution in [3.05, 3.63) is 88.0 Å². The average Bonchev–Trinajstić information content (AvgIpc) is 3.12. The van der Waals surface area contributed by atoms with Crippen molar-refractivity contribution in [3.63, 3.8) is 0 Å². The fourth-order valence-electron chi connectivity index (χ4n) is 3.92. The standard InChI is InChI=1S/C25H22BrClN2O5S/c1-5-34-24(31)20-13(2)28-25-29(21(20)15-6-8-16(27)9-7-15)23(30)19(35-25)12-14-10-17(26)22(33-4)18(11-14)32-3/h6-12,21H,5H2,1-4H3. The van der Waals surface area contributed by atoms with Crippen LogP contribution in [-0.4, -0.2) is 31.4 Å². The Hall–Kier alpha value is -2.88. The molecule has 7 nitrogen and oxygen atoms in total. The zero-order valence-electron chi connectivity index (χ0n) is 19.4. The molecule has 0 N–H and O–H groups in total. The van der Waals surface area contributed by atoms with Gasteiger partial charge in [0.25, 0.3) is 5.56 Å². The second-order valence-electron chi connectivity index (χ2n) is 7.59. The summed E-state index contributed by atoms with van der Waals surface area (Å²) in [5, 5.41) is 0.554. The van der Waals surface area contributed by atoms with E-state index in [2.05, 4.69) is 20.9 Å². The van der Waals surface area contributed by atoms with Gasteiger partial charge in [-0.15, -0.1) is 0 Å². The lowest BCUT2D eigenvalue weighted by atomic mass is 9.96. The van der Waals surface area contributed by atoms with Crippen molar-refractivity contribution in [2.24, 2.45) is 4.99 Å². The van der Waals surface area contributed by atoms with Gasteiger partial charge in [0.1, 0.15) is 0 Å². The summed E-state index contributed by atoms with van der Waals surface area (Å²) in [4.78, 5) is 31.7. The quantitative estimate of drug-likeness (QED) is 0.410. The highest BCUT2D eigenvalue weighted by molar-refractivity contribution is 9.10. The number of aromatic nitrogens is 1. The van der Waals surface area contributed by atoms with Crippen molar-refractivity contribution in [3.8, 4) is 11.5 Å². The van der Waals surface area contributed by atoms with Crippen molar-refractivity contribution in [1.29, 1.82) is 0 Å². The molecule has 1 aliphatic rings. The minimum absolute atomic E-state index is 0.210. The van der Waals surface area contributed by atoms with E-state index in [0.717, 1.165) is 11.1 Å². The number of rotatable bonds is 6. The Balaban J connectivity index is 1.94. The van der Waals surface area contributed by atoms with Gasteiger partial charge in [-0.1, -0.05) is 35.1 Å². The molecular formula is C25H22BrClN2O5S. The number of hydrogen-bond acceptors (Lipinski definition) is 7. The Labute approximate surface area is 219 Å². The number of fused-ring (bicyclic) bond motifs is 1. The highest BCUT2D eigenvalue weighted by Gasteiger charge is 2.33. The van der Waals surface area contributed by atoms with E-state index in [-0.39, 0.29) is 12.2 Å². The van der Waals surface area contributed by atoms with Crippen molar-refractivity contribution >= 4 is 50.9 Å². The second kappa shape index (κ2) is 10.4. The minimum Gasteiger partial charge on any atom is -0.493 e. The molecule has 0 amide bonds. The van der Waals surface area contributed by atoms with Crippen LogP contribution >= 0.6 is 38.9 Å². The third-order valence-electron chi connectivity index (χ3n) is 5.46. The van der Waals surface area contributed by atoms with Crippen LogP contribution < -0.4 is 24.4 Å². The van der Waals surface area contributed by atoms with Crippen LogP contribution in [0.25, 0.3) is 6.08 Å². The van der Waals surface area contributed by atoms with Gasteiger partial charge in [0, 0.05) is 5.02 Å². The van der Waals surface area contributed by atoms with Crippen LogP contribution in [0.1, 0.15) is 31.0 Å². The number of allylic oxidation sites excluding steroid dienone is 1. The predicted molar refractivity (Wildman–Crippen MR) is 139 cm³/mol. The summed E-state index contributed by atoms with van der Waals surface area (Å²) in [5.41, 5.74) is 2.03. The molecule has 0 bridgehead atoms. The Morgan fingerprint density at radius 3 is 2.57 bits per heavy atom. The SMILES string of the molecule is CCOC(=O)C1=C(C)N=c2sc(=Cc3cc(Br)c(OC)c(OC)c3)c(=O)n2C1c1ccc(Cl)cc1. The van der Waals surface area contributed by atoms with Crippen molar-refractivity contribution in [2.45, 2.75) is 19.9 Å². The summed E-state index contributed by atoms with van der Waals surface area (Å²) in [6, 6.07) is 9.99. The molecule has 2 heterocycles. The molecular weight excluding hydrogens is 556 g/mol. The molecule has 182 valence electrons. The van der Waals surface area contributed by atoms with E-state index in [9.17, 15) is 9.59 Å². The Kier molecular flexibility index (Phi) is 7.49. The average molecular weight is 578 g/mol. The van der Waals surface area contributed by atoms with Crippen molar-refractivity contribution in [1.82, 2.24) is 4.57 Å². The summed E-state index contributed by atoms with van der Waals surface area (Å²) in [5.74, 6) is 0.579. The van der Waals surface area contributed by atoms with E-state index < -0.39 is 12.0 Å². The minimum atomic E-state index is -0.693. The van der Waals surface area contributed by atoms with Crippen LogP contribution in [0.3, 0.4) is 0 Å². The molecule has 1 aromatic heterocycles. The topological polar surface area (TPSA) is 79.1 Å². The Morgan fingerprint density at radius 1 is 1.23 bits per heavy atom. The number of carbonyl (C=O) groups is 1. The van der Waals surface area contributed by atoms with E-state index in [4.69, 9.17) is 25.8 Å². The van der Waals surface area contributed by atoms with Gasteiger partial charge in [0.05, 0.1) is 47.1 Å². The molecule has 1 unspecified atom stereocenters. The summed E-state index contributed by atoms with van der Waals surface area (Å²) in [6.45, 7) is 3.70. The third kappa shape index (κ3) is 4.80. The normalized spacial score (nSPS) is 15.5. The van der Waals surface area contributed by atoms with Gasteiger partial charge >= 0.3 is 5.97 Å². The molecule has 0 fully saturated rings. The van der Waals surface area contributed by atoms with E-state index in [1.807, 2.05) is 6.07 Å². The maximum absolute atomic E-state index is 13.7. The Morgan fingerprint density at radius 2 is 1.94 bits per heavy atom. The first kappa shape index (κ1) is 25.2. The highest BCUT2D eigenvalue weighted by atomic mass is 79.9. The van der Waals surface area contributed by atoms with Gasteiger partial charge in [-0.05, 0) is 71.2 Å². The molecule has 4 rings (SSSR count). The second-order valence-corrected chi connectivity index (χ2v) is 9.89. The molecule has 0 saturated heterocycles. The van der Waals surface area contributed by atoms with Crippen LogP contribution in [0.15, 0.2) is 61.9 Å². The van der Waals surface area contributed by atoms with Gasteiger partial charge in [-0.2, -0.15) is 0 Å². The number of thiazole rings is 1. The zero-order chi connectivity index (χ0) is 25.3. The fraction of sp³-hybridized carbons (Fsp3) is 0.240. The molecule has 1 aliphatic heterocycles. The van der Waals surface area contributed by atoms with Gasteiger partial charge in [0.15, 0.2) is 16.3 Å². The maximum Gasteiger partial charge on any atom is 0.338 e. The number of benzene rings is 2. The first-order valence-corrected chi connectivity index (χ1v) is 12.6. The summed E-state index contributed by atoms with van der Waals surface area (Å²) in [7, 11) is 3.11. The Bertz CT molecular complexity index is 1510. The van der Waals surface area contributed by atoms with Crippen LogP contribution in [0.5, 0.6) is 11.5 Å². The number of halogens is 2. The molecule has 2 aromatic carbocycles. The van der Waals surface area contributed by atoms with E-state index in [1.165, 1.54) is 15.9 Å². The van der Waals surface area contributed by atoms with Crippen molar-refractivity contribution < 1.29 is 19.0 Å². The monoisotopic (exact) mass is 576 g/mol. The van der Waals surface area contributed by atoms with E-state index >= 15 is 0 Å². The van der Waals surface area contributed by atoms with Crippen LogP contribution in [-0.2, 0) is 9.53 Å². The molecule has 0 radical (unpaired) electrons. The molecule has 1 atom stereocenters. The van der Waals surface area contributed by atoms with Crippen LogP contribution in [0.4, 0.5) is 0 Å². The molecule has 3 aromatic rings. The van der Waals surface area contributed by atoms with Crippen molar-refractivity contribution in [2.75, 3.05) is 20.8 Å².